The molecule has 25 heavy (non-hydrogen) atoms. The van der Waals surface area contributed by atoms with Crippen LogP contribution < -0.4 is 10.2 Å². The van der Waals surface area contributed by atoms with Crippen molar-refractivity contribution >= 4 is 57.5 Å². The Morgan fingerprint density at radius 2 is 2.08 bits per heavy atom. The molecule has 5 nitrogen and oxygen atoms in total. The van der Waals surface area contributed by atoms with Gasteiger partial charge in [-0.2, -0.15) is 5.01 Å². The molecule has 1 aromatic carbocycles. The second-order valence-electron chi connectivity index (χ2n) is 4.94. The van der Waals surface area contributed by atoms with Crippen molar-refractivity contribution in [2.45, 2.75) is 6.92 Å². The summed E-state index contributed by atoms with van der Waals surface area (Å²) < 4.78 is 5.70. The van der Waals surface area contributed by atoms with Crippen LogP contribution in [0.4, 0.5) is 0 Å². The number of thioether (sulfide) groups is 1. The first-order chi connectivity index (χ1) is 12.1. The fraction of sp³-hybridized carbons (Fsp3) is 0.118. The highest BCUT2D eigenvalue weighted by atomic mass is 32.2. The van der Waals surface area contributed by atoms with Gasteiger partial charge < -0.3 is 4.74 Å². The van der Waals surface area contributed by atoms with E-state index in [-0.39, 0.29) is 11.8 Å². The van der Waals surface area contributed by atoms with Gasteiger partial charge in [-0.3, -0.25) is 15.0 Å². The molecule has 8 heteroatoms. The zero-order valence-electron chi connectivity index (χ0n) is 13.2. The number of carbonyl (C=O) groups is 2. The topological polar surface area (TPSA) is 58.6 Å². The molecule has 2 heterocycles. The van der Waals surface area contributed by atoms with Crippen LogP contribution in [0.5, 0.6) is 5.75 Å². The predicted octanol–water partition coefficient (Wildman–Crippen LogP) is 3.69. The van der Waals surface area contributed by atoms with E-state index in [0.29, 0.717) is 20.7 Å². The normalized spacial score (nSPS) is 15.7. The van der Waals surface area contributed by atoms with Gasteiger partial charge in [0.25, 0.3) is 11.8 Å². The van der Waals surface area contributed by atoms with Crippen molar-refractivity contribution in [3.05, 3.63) is 57.1 Å². The molecule has 1 aliphatic rings. The Morgan fingerprint density at radius 1 is 1.32 bits per heavy atom. The lowest BCUT2D eigenvalue weighted by Crippen LogP contribution is -2.44. The van der Waals surface area contributed by atoms with Gasteiger partial charge in [-0.15, -0.1) is 11.3 Å². The highest BCUT2D eigenvalue weighted by molar-refractivity contribution is 8.26. The van der Waals surface area contributed by atoms with Crippen LogP contribution in [0.1, 0.15) is 22.2 Å². The first-order valence-electron chi connectivity index (χ1n) is 7.44. The highest BCUT2D eigenvalue weighted by Gasteiger charge is 2.33. The summed E-state index contributed by atoms with van der Waals surface area (Å²) >= 11 is 7.67. The third-order valence-electron chi connectivity index (χ3n) is 3.24. The number of benzene rings is 1. The number of ether oxygens (including phenoxy) is 1. The number of thiocarbonyl (C=S) groups is 1. The van der Waals surface area contributed by atoms with E-state index < -0.39 is 0 Å². The van der Waals surface area contributed by atoms with Crippen molar-refractivity contribution in [3.8, 4) is 5.75 Å². The Labute approximate surface area is 158 Å². The molecular weight excluding hydrogens is 376 g/mol. The fourth-order valence-corrected chi connectivity index (χ4v) is 3.90. The van der Waals surface area contributed by atoms with Crippen LogP contribution in [0.25, 0.3) is 6.08 Å². The molecule has 0 bridgehead atoms. The average Bonchev–Trinajstić information content (AvgIpc) is 3.22. The maximum atomic E-state index is 12.5. The van der Waals surface area contributed by atoms with Gasteiger partial charge in [0, 0.05) is 0 Å². The fourth-order valence-electron chi connectivity index (χ4n) is 2.11. The van der Waals surface area contributed by atoms with Crippen LogP contribution in [0.3, 0.4) is 0 Å². The summed E-state index contributed by atoms with van der Waals surface area (Å²) in [7, 11) is 0. The number of carbonyl (C=O) groups excluding carboxylic acids is 2. The maximum Gasteiger partial charge on any atom is 0.285 e. The minimum absolute atomic E-state index is 0.298. The van der Waals surface area contributed by atoms with Crippen LogP contribution in [0.2, 0.25) is 0 Å². The molecule has 1 aromatic heterocycles. The van der Waals surface area contributed by atoms with E-state index >= 15 is 0 Å². The Bertz CT molecular complexity index is 829. The average molecular weight is 391 g/mol. The van der Waals surface area contributed by atoms with E-state index in [0.717, 1.165) is 28.1 Å². The molecule has 0 saturated carbocycles. The zero-order chi connectivity index (χ0) is 17.8. The first kappa shape index (κ1) is 17.7. The number of amides is 2. The second-order valence-corrected chi connectivity index (χ2v) is 7.56. The van der Waals surface area contributed by atoms with Crippen LogP contribution in [0.15, 0.2) is 46.7 Å². The van der Waals surface area contributed by atoms with E-state index in [1.54, 1.807) is 23.6 Å². The third kappa shape index (κ3) is 4.09. The molecule has 2 aromatic rings. The number of hydrogen-bond donors (Lipinski definition) is 1. The summed E-state index contributed by atoms with van der Waals surface area (Å²) in [5.74, 6) is 0.0813. The second kappa shape index (κ2) is 7.81. The van der Waals surface area contributed by atoms with Gasteiger partial charge in [0.2, 0.25) is 0 Å². The van der Waals surface area contributed by atoms with Gasteiger partial charge in [0.15, 0.2) is 4.32 Å². The molecule has 1 fully saturated rings. The lowest BCUT2D eigenvalue weighted by atomic mass is 10.2. The van der Waals surface area contributed by atoms with Gasteiger partial charge in [0.05, 0.1) is 16.4 Å². The van der Waals surface area contributed by atoms with Gasteiger partial charge in [0.1, 0.15) is 5.75 Å². The van der Waals surface area contributed by atoms with Crippen LogP contribution in [-0.2, 0) is 4.79 Å². The molecule has 0 unspecified atom stereocenters. The predicted molar refractivity (Wildman–Crippen MR) is 104 cm³/mol. The number of thiophene rings is 1. The van der Waals surface area contributed by atoms with Crippen molar-refractivity contribution in [1.82, 2.24) is 10.4 Å². The number of nitrogens with one attached hydrogen (secondary N) is 1. The van der Waals surface area contributed by atoms with Crippen molar-refractivity contribution in [3.63, 3.8) is 0 Å². The molecule has 128 valence electrons. The van der Waals surface area contributed by atoms with E-state index in [1.807, 2.05) is 31.2 Å². The molecule has 0 spiro atoms. The minimum atomic E-state index is -0.353. The molecule has 2 amide bonds. The summed E-state index contributed by atoms with van der Waals surface area (Å²) in [5, 5.41) is 2.91. The van der Waals surface area contributed by atoms with Crippen molar-refractivity contribution < 1.29 is 14.3 Å². The summed E-state index contributed by atoms with van der Waals surface area (Å²) in [5.41, 5.74) is 3.41. The molecule has 0 atom stereocenters. The van der Waals surface area contributed by atoms with Crippen molar-refractivity contribution in [1.29, 1.82) is 0 Å². The van der Waals surface area contributed by atoms with Crippen LogP contribution >= 0.6 is 35.3 Å². The van der Waals surface area contributed by atoms with E-state index in [4.69, 9.17) is 17.0 Å². The van der Waals surface area contributed by atoms with Gasteiger partial charge in [-0.05, 0) is 54.4 Å². The molecule has 0 radical (unpaired) electrons. The van der Waals surface area contributed by atoms with Crippen LogP contribution in [0, 0.1) is 0 Å². The third-order valence-corrected chi connectivity index (χ3v) is 5.41. The number of rotatable bonds is 5. The number of hydrogen-bond acceptors (Lipinski definition) is 6. The van der Waals surface area contributed by atoms with Gasteiger partial charge in [-0.1, -0.05) is 30.0 Å². The molecule has 0 aliphatic carbocycles. The molecule has 1 aliphatic heterocycles. The number of nitrogens with zero attached hydrogens (tertiary/aromatic N) is 1. The largest absolute Gasteiger partial charge is 0.494 e. The quantitative estimate of drug-likeness (QED) is 0.623. The molecule has 3 rings (SSSR count). The Balaban J connectivity index is 1.73. The Hall–Kier alpha value is -2.16. The van der Waals surface area contributed by atoms with E-state index in [9.17, 15) is 9.59 Å². The van der Waals surface area contributed by atoms with Gasteiger partial charge >= 0.3 is 0 Å². The molecular formula is C17H14N2O3S3. The SMILES string of the molecule is CCOc1ccc(/C=C2\SC(=S)N(NC(=O)c3cccs3)C2=O)cc1. The standard InChI is InChI=1S/C17H14N2O3S3/c1-2-22-12-7-5-11(6-8-12)10-14-16(21)19(17(23)25-14)18-15(20)13-4-3-9-24-13/h3-10H,2H2,1H3,(H,18,20)/b14-10-. The molecule has 1 N–H and O–H groups in total. The maximum absolute atomic E-state index is 12.5. The smallest absolute Gasteiger partial charge is 0.285 e. The minimum Gasteiger partial charge on any atom is -0.494 e. The van der Waals surface area contributed by atoms with E-state index in [1.165, 1.54) is 11.3 Å². The highest BCUT2D eigenvalue weighted by Crippen LogP contribution is 2.31. The first-order valence-corrected chi connectivity index (χ1v) is 9.54. The molecule has 1 saturated heterocycles. The Morgan fingerprint density at radius 3 is 2.72 bits per heavy atom. The Kier molecular flexibility index (Phi) is 5.52. The summed E-state index contributed by atoms with van der Waals surface area (Å²) in [6.07, 6.45) is 1.74. The van der Waals surface area contributed by atoms with Crippen molar-refractivity contribution in [2.24, 2.45) is 0 Å². The van der Waals surface area contributed by atoms with Crippen molar-refractivity contribution in [2.75, 3.05) is 6.61 Å². The summed E-state index contributed by atoms with van der Waals surface area (Å²) in [6, 6.07) is 10.9. The van der Waals surface area contributed by atoms with E-state index in [2.05, 4.69) is 5.43 Å². The van der Waals surface area contributed by atoms with Crippen LogP contribution in [-0.4, -0.2) is 27.8 Å². The lowest BCUT2D eigenvalue weighted by Gasteiger charge is -2.14. The van der Waals surface area contributed by atoms with Gasteiger partial charge in [-0.25, -0.2) is 0 Å². The summed E-state index contributed by atoms with van der Waals surface area (Å²) in [4.78, 5) is 25.6. The lowest BCUT2D eigenvalue weighted by molar-refractivity contribution is -0.123. The summed E-state index contributed by atoms with van der Waals surface area (Å²) in [6.45, 7) is 2.52. The number of hydrazine groups is 1. The monoisotopic (exact) mass is 390 g/mol. The zero-order valence-corrected chi connectivity index (χ0v) is 15.7.